The number of rotatable bonds is 9. The number of alkyl halides is 2. The van der Waals surface area contributed by atoms with Crippen molar-refractivity contribution in [1.29, 1.82) is 0 Å². The summed E-state index contributed by atoms with van der Waals surface area (Å²) >= 11 is 0. The van der Waals surface area contributed by atoms with Crippen molar-refractivity contribution in [2.45, 2.75) is 114 Å². The van der Waals surface area contributed by atoms with E-state index in [0.29, 0.717) is 24.3 Å². The van der Waals surface area contributed by atoms with Crippen LogP contribution in [0.1, 0.15) is 113 Å². The van der Waals surface area contributed by atoms with Gasteiger partial charge in [0.2, 0.25) is 17.7 Å². The molecule has 10 heteroatoms. The fourth-order valence-corrected chi connectivity index (χ4v) is 7.76. The van der Waals surface area contributed by atoms with Crippen LogP contribution >= 0.6 is 0 Å². The Morgan fingerprint density at radius 1 is 0.884 bits per heavy atom. The zero-order valence-corrected chi connectivity index (χ0v) is 24.6. The summed E-state index contributed by atoms with van der Waals surface area (Å²) in [6.07, 6.45) is 11.3. The Balaban J connectivity index is 1.05. The van der Waals surface area contributed by atoms with Gasteiger partial charge in [-0.3, -0.25) is 4.79 Å². The van der Waals surface area contributed by atoms with Crippen molar-refractivity contribution in [2.24, 2.45) is 17.3 Å². The number of anilines is 1. The molecule has 3 aromatic rings. The van der Waals surface area contributed by atoms with E-state index in [4.69, 9.17) is 14.0 Å². The van der Waals surface area contributed by atoms with Crippen LogP contribution in [0, 0.1) is 17.3 Å². The normalized spacial score (nSPS) is 28.7. The number of fused-ring (bicyclic) bond motifs is 3. The molecule has 228 valence electrons. The second-order valence-corrected chi connectivity index (χ2v) is 14.3. The average Bonchev–Trinajstić information content (AvgIpc) is 3.94. The van der Waals surface area contributed by atoms with Gasteiger partial charge in [0.05, 0.1) is 0 Å². The highest BCUT2D eigenvalue weighted by Gasteiger charge is 2.53. The average molecular weight is 592 g/mol. The highest BCUT2D eigenvalue weighted by molar-refractivity contribution is 5.95. The minimum absolute atomic E-state index is 0.0344. The number of halogens is 2. The fourth-order valence-electron chi connectivity index (χ4n) is 7.76. The highest BCUT2D eigenvalue weighted by atomic mass is 19.3. The van der Waals surface area contributed by atoms with Gasteiger partial charge >= 0.3 is 0 Å². The molecule has 6 aliphatic carbocycles. The Bertz CT molecular complexity index is 1470. The third-order valence-corrected chi connectivity index (χ3v) is 11.1. The lowest BCUT2D eigenvalue weighted by molar-refractivity contribution is -0.127. The Kier molecular flexibility index (Phi) is 6.49. The molecule has 2 aromatic heterocycles. The van der Waals surface area contributed by atoms with Gasteiger partial charge in [-0.2, -0.15) is 9.97 Å². The van der Waals surface area contributed by atoms with E-state index in [1.54, 1.807) is 0 Å². The predicted octanol–water partition coefficient (Wildman–Crippen LogP) is 7.40. The topological polar surface area (TPSA) is 98.2 Å². The van der Waals surface area contributed by atoms with Gasteiger partial charge in [0.1, 0.15) is 0 Å². The van der Waals surface area contributed by atoms with Crippen LogP contribution < -0.4 is 4.90 Å². The van der Waals surface area contributed by atoms with Gasteiger partial charge in [0, 0.05) is 54.3 Å². The van der Waals surface area contributed by atoms with E-state index in [9.17, 15) is 13.6 Å². The summed E-state index contributed by atoms with van der Waals surface area (Å²) in [4.78, 5) is 25.5. The van der Waals surface area contributed by atoms with Crippen LogP contribution in [0.5, 0.6) is 0 Å². The van der Waals surface area contributed by atoms with Crippen molar-refractivity contribution in [2.75, 3.05) is 11.4 Å². The third kappa shape index (κ3) is 5.39. The molecule has 0 saturated heterocycles. The Hall–Kier alpha value is -3.17. The Morgan fingerprint density at radius 2 is 1.63 bits per heavy atom. The monoisotopic (exact) mass is 591 g/mol. The Morgan fingerprint density at radius 3 is 2.33 bits per heavy atom. The molecule has 2 heterocycles. The largest absolute Gasteiger partial charge is 0.339 e. The number of carbonyl (C=O) groups is 1. The molecule has 9 rings (SSSR count). The molecule has 6 fully saturated rings. The van der Waals surface area contributed by atoms with Crippen molar-refractivity contribution >= 4 is 11.6 Å². The molecule has 43 heavy (non-hydrogen) atoms. The molecule has 1 aromatic carbocycles. The minimum Gasteiger partial charge on any atom is -0.339 e. The number of amides is 1. The zero-order valence-electron chi connectivity index (χ0n) is 24.6. The van der Waals surface area contributed by atoms with Gasteiger partial charge in [0.15, 0.2) is 11.6 Å². The van der Waals surface area contributed by atoms with Crippen LogP contribution in [0.4, 0.5) is 14.5 Å². The molecule has 0 aliphatic heterocycles. The van der Waals surface area contributed by atoms with Crippen LogP contribution in [0.2, 0.25) is 0 Å². The van der Waals surface area contributed by atoms with Crippen molar-refractivity contribution in [3.8, 4) is 11.5 Å². The van der Waals surface area contributed by atoms with Crippen LogP contribution in [-0.2, 0) is 16.6 Å². The number of hydrogen-bond acceptors (Lipinski definition) is 7. The SMILES string of the molecule is O=C(C1CCC(F)(F)CC1)N(CC12CCC(c3nc(C4CC4)no3)(CC1)CC2)c1cccc(-c2nc(CC3CC3)no2)c1. The van der Waals surface area contributed by atoms with E-state index >= 15 is 0 Å². The smallest absolute Gasteiger partial charge is 0.257 e. The van der Waals surface area contributed by atoms with Crippen LogP contribution in [0.25, 0.3) is 11.5 Å². The fraction of sp³-hybridized carbons (Fsp3) is 0.667. The van der Waals surface area contributed by atoms with Gasteiger partial charge < -0.3 is 13.9 Å². The van der Waals surface area contributed by atoms with E-state index in [1.807, 2.05) is 29.2 Å². The molecular weight excluding hydrogens is 552 g/mol. The van der Waals surface area contributed by atoms with Gasteiger partial charge in [-0.25, -0.2) is 8.78 Å². The lowest BCUT2D eigenvalue weighted by Crippen LogP contribution is -2.52. The van der Waals surface area contributed by atoms with E-state index < -0.39 is 11.8 Å². The van der Waals surface area contributed by atoms with Gasteiger partial charge in [-0.1, -0.05) is 16.4 Å². The number of carbonyl (C=O) groups excluding carboxylic acids is 1. The molecule has 0 unspecified atom stereocenters. The molecule has 0 radical (unpaired) electrons. The van der Waals surface area contributed by atoms with E-state index in [0.717, 1.165) is 86.6 Å². The third-order valence-electron chi connectivity index (χ3n) is 11.1. The summed E-state index contributed by atoms with van der Waals surface area (Å²) < 4.78 is 39.5. The lowest BCUT2D eigenvalue weighted by Gasteiger charge is -2.53. The van der Waals surface area contributed by atoms with Crippen LogP contribution in [-0.4, -0.2) is 38.7 Å². The molecule has 6 aliphatic rings. The highest BCUT2D eigenvalue weighted by Crippen LogP contribution is 2.58. The van der Waals surface area contributed by atoms with Crippen molar-refractivity contribution < 1.29 is 22.6 Å². The first-order chi connectivity index (χ1) is 20.8. The van der Waals surface area contributed by atoms with E-state index in [1.165, 1.54) is 12.8 Å². The predicted molar refractivity (Wildman–Crippen MR) is 154 cm³/mol. The second-order valence-electron chi connectivity index (χ2n) is 14.3. The maximum Gasteiger partial charge on any atom is 0.257 e. The summed E-state index contributed by atoms with van der Waals surface area (Å²) in [6, 6.07) is 7.75. The van der Waals surface area contributed by atoms with Gasteiger partial charge in [0.25, 0.3) is 5.89 Å². The molecule has 2 bridgehead atoms. The molecule has 0 spiro atoms. The Labute approximate surface area is 250 Å². The summed E-state index contributed by atoms with van der Waals surface area (Å²) in [6.45, 7) is 0.576. The summed E-state index contributed by atoms with van der Waals surface area (Å²) in [5.74, 6) is 0.815. The molecule has 8 nitrogen and oxygen atoms in total. The van der Waals surface area contributed by atoms with Crippen molar-refractivity contribution in [3.05, 3.63) is 41.8 Å². The molecule has 0 atom stereocenters. The number of aromatic nitrogens is 4. The quantitative estimate of drug-likeness (QED) is 0.256. The maximum absolute atomic E-state index is 14.2. The number of hydrogen-bond donors (Lipinski definition) is 0. The molecule has 1 amide bonds. The van der Waals surface area contributed by atoms with E-state index in [2.05, 4.69) is 15.3 Å². The van der Waals surface area contributed by atoms with Crippen molar-refractivity contribution in [1.82, 2.24) is 20.3 Å². The zero-order chi connectivity index (χ0) is 29.2. The van der Waals surface area contributed by atoms with Crippen molar-refractivity contribution in [3.63, 3.8) is 0 Å². The standard InChI is InChI=1S/C33H39F2N5O3/c34-33(35)10-8-23(9-11-33)29(41)40(25-3-1-2-24(19-25)28-36-26(38-42-28)18-21-4-5-21)20-31-12-15-32(16-13-31,17-14-31)30-37-27(39-43-30)22-6-7-22/h1-3,19,21-23H,4-18,20H2. The first-order valence-electron chi connectivity index (χ1n) is 16.3. The first-order valence-corrected chi connectivity index (χ1v) is 16.3. The minimum atomic E-state index is -2.68. The van der Waals surface area contributed by atoms with E-state index in [-0.39, 0.29) is 42.4 Å². The molecule has 6 saturated carbocycles. The summed E-state index contributed by atoms with van der Waals surface area (Å²) in [5.41, 5.74) is 1.44. The van der Waals surface area contributed by atoms with Gasteiger partial charge in [-0.05, 0) is 107 Å². The molecular formula is C33H39F2N5O3. The van der Waals surface area contributed by atoms with Crippen LogP contribution in [0.3, 0.4) is 0 Å². The number of benzene rings is 1. The summed E-state index contributed by atoms with van der Waals surface area (Å²) in [5, 5.41) is 8.48. The maximum atomic E-state index is 14.2. The van der Waals surface area contributed by atoms with Crippen LogP contribution in [0.15, 0.2) is 33.3 Å². The van der Waals surface area contributed by atoms with Gasteiger partial charge in [-0.15, -0.1) is 0 Å². The molecule has 0 N–H and O–H groups in total. The number of nitrogens with zero attached hydrogens (tertiary/aromatic N) is 5. The lowest BCUT2D eigenvalue weighted by atomic mass is 9.53. The summed E-state index contributed by atoms with van der Waals surface area (Å²) in [7, 11) is 0. The first kappa shape index (κ1) is 27.4. The second kappa shape index (κ2) is 10.2.